The van der Waals surface area contributed by atoms with Crippen LogP contribution in [0.25, 0.3) is 0 Å². The molecule has 0 rings (SSSR count). The van der Waals surface area contributed by atoms with Gasteiger partial charge < -0.3 is 14.2 Å². The number of rotatable bonds is 7. The summed E-state index contributed by atoms with van der Waals surface area (Å²) in [5.41, 5.74) is 0. The first-order valence-electron chi connectivity index (χ1n) is 3.12. The predicted molar refractivity (Wildman–Crippen MR) is 47.5 cm³/mol. The van der Waals surface area contributed by atoms with Crippen LogP contribution in [0.4, 0.5) is 0 Å². The Morgan fingerprint density at radius 1 is 1.00 bits per heavy atom. The van der Waals surface area contributed by atoms with Crippen LogP contribution in [0, 0.1) is 0 Å². The molecule has 0 N–H and O–H groups in total. The Balaban J connectivity index is 2.65. The summed E-state index contributed by atoms with van der Waals surface area (Å²) in [7, 11) is 1.66. The van der Waals surface area contributed by atoms with Crippen molar-refractivity contribution in [2.75, 3.05) is 38.2 Å². The maximum Gasteiger partial charge on any atom is 0.0980 e. The first kappa shape index (κ1) is 10.6. The van der Waals surface area contributed by atoms with Crippen molar-refractivity contribution in [1.82, 2.24) is 0 Å². The molecule has 0 aromatic heterocycles. The van der Waals surface area contributed by atoms with Gasteiger partial charge >= 0.3 is 0 Å². The van der Waals surface area contributed by atoms with Crippen LogP contribution in [0.3, 0.4) is 0 Å². The second kappa shape index (κ2) is 9.61. The van der Waals surface area contributed by atoms with E-state index in [0.29, 0.717) is 26.4 Å². The molecule has 0 unspecified atom stereocenters. The highest BCUT2D eigenvalue weighted by atomic mass is 127. The molecular formula is C6H13IO3. The van der Waals surface area contributed by atoms with Gasteiger partial charge in [-0.15, -0.1) is 0 Å². The lowest BCUT2D eigenvalue weighted by Crippen LogP contribution is -2.07. The Morgan fingerprint density at radius 2 is 1.60 bits per heavy atom. The average Bonchev–Trinajstić information content (AvgIpc) is 1.97. The minimum Gasteiger partial charge on any atom is -0.382 e. The molecule has 0 aliphatic carbocycles. The molecule has 0 aliphatic heterocycles. The molecule has 3 nitrogen and oxygen atoms in total. The summed E-state index contributed by atoms with van der Waals surface area (Å²) < 4.78 is 15.7. The lowest BCUT2D eigenvalue weighted by molar-refractivity contribution is 0.0371. The van der Waals surface area contributed by atoms with Gasteiger partial charge in [-0.2, -0.15) is 0 Å². The van der Waals surface area contributed by atoms with Crippen molar-refractivity contribution in [1.29, 1.82) is 0 Å². The molecular weight excluding hydrogens is 247 g/mol. The van der Waals surface area contributed by atoms with Gasteiger partial charge in [0.05, 0.1) is 31.0 Å². The average molecular weight is 260 g/mol. The van der Waals surface area contributed by atoms with Crippen LogP contribution < -0.4 is 0 Å². The minimum absolute atomic E-state index is 0.654. The number of alkyl halides is 1. The van der Waals surface area contributed by atoms with Crippen molar-refractivity contribution in [2.24, 2.45) is 0 Å². The Bertz CT molecular complexity index is 53.0. The molecule has 62 valence electrons. The van der Waals surface area contributed by atoms with E-state index < -0.39 is 0 Å². The van der Waals surface area contributed by atoms with E-state index in [1.54, 1.807) is 7.11 Å². The summed E-state index contributed by atoms with van der Waals surface area (Å²) in [6.07, 6.45) is 0. The Hall–Kier alpha value is 0.610. The van der Waals surface area contributed by atoms with Crippen molar-refractivity contribution in [3.8, 4) is 0 Å². The number of halogens is 1. The predicted octanol–water partition coefficient (Wildman–Crippen LogP) is 1.06. The monoisotopic (exact) mass is 260 g/mol. The molecule has 4 heteroatoms. The van der Waals surface area contributed by atoms with E-state index in [1.165, 1.54) is 0 Å². The molecule has 0 atom stereocenters. The zero-order valence-electron chi connectivity index (χ0n) is 6.14. The standard InChI is InChI=1S/C6H13IO3/c1-8-2-3-9-4-5-10-6-7/h2-6H2,1H3. The summed E-state index contributed by atoms with van der Waals surface area (Å²) in [5.74, 6) is 0. The number of methoxy groups -OCH3 is 1. The third-order valence-corrected chi connectivity index (χ3v) is 1.32. The fraction of sp³-hybridized carbons (Fsp3) is 1.00. The number of hydrogen-bond acceptors (Lipinski definition) is 3. The highest BCUT2D eigenvalue weighted by Crippen LogP contribution is 1.83. The molecule has 0 aromatic rings. The molecule has 0 bridgehead atoms. The Labute approximate surface area is 75.2 Å². The lowest BCUT2D eigenvalue weighted by atomic mass is 10.7. The number of hydrogen-bond donors (Lipinski definition) is 0. The van der Waals surface area contributed by atoms with E-state index in [0.717, 1.165) is 4.61 Å². The second-order valence-corrected chi connectivity index (χ2v) is 2.25. The van der Waals surface area contributed by atoms with Crippen molar-refractivity contribution >= 4 is 22.6 Å². The van der Waals surface area contributed by atoms with E-state index >= 15 is 0 Å². The van der Waals surface area contributed by atoms with E-state index in [1.807, 2.05) is 0 Å². The molecule has 0 saturated carbocycles. The van der Waals surface area contributed by atoms with Gasteiger partial charge in [-0.25, -0.2) is 0 Å². The smallest absolute Gasteiger partial charge is 0.0980 e. The molecule has 0 aliphatic rings. The van der Waals surface area contributed by atoms with Crippen LogP contribution in [-0.4, -0.2) is 38.2 Å². The highest BCUT2D eigenvalue weighted by Gasteiger charge is 1.86. The maximum atomic E-state index is 5.12. The summed E-state index contributed by atoms with van der Waals surface area (Å²) in [5, 5.41) is 0. The fourth-order valence-electron chi connectivity index (χ4n) is 0.417. The Morgan fingerprint density at radius 3 is 2.20 bits per heavy atom. The third kappa shape index (κ3) is 8.61. The van der Waals surface area contributed by atoms with Crippen molar-refractivity contribution in [3.05, 3.63) is 0 Å². The van der Waals surface area contributed by atoms with Gasteiger partial charge in [0.15, 0.2) is 0 Å². The molecule has 0 fully saturated rings. The molecule has 0 saturated heterocycles. The Kier molecular flexibility index (Phi) is 10.2. The highest BCUT2D eigenvalue weighted by molar-refractivity contribution is 14.1. The molecule has 0 heterocycles. The van der Waals surface area contributed by atoms with Crippen molar-refractivity contribution in [2.45, 2.75) is 0 Å². The van der Waals surface area contributed by atoms with Gasteiger partial charge in [-0.1, -0.05) is 22.6 Å². The van der Waals surface area contributed by atoms with Gasteiger partial charge in [-0.3, -0.25) is 0 Å². The molecule has 0 amide bonds. The zero-order valence-corrected chi connectivity index (χ0v) is 8.30. The van der Waals surface area contributed by atoms with E-state index in [-0.39, 0.29) is 0 Å². The van der Waals surface area contributed by atoms with E-state index in [9.17, 15) is 0 Å². The normalized spacial score (nSPS) is 10.2. The largest absolute Gasteiger partial charge is 0.382 e. The summed E-state index contributed by atoms with van der Waals surface area (Å²) >= 11 is 2.15. The van der Waals surface area contributed by atoms with Gasteiger partial charge in [0.1, 0.15) is 0 Å². The second-order valence-electron chi connectivity index (χ2n) is 1.62. The SMILES string of the molecule is COCCOCCOCI. The minimum atomic E-state index is 0.654. The van der Waals surface area contributed by atoms with Crippen LogP contribution >= 0.6 is 22.6 Å². The third-order valence-electron chi connectivity index (χ3n) is 0.881. The van der Waals surface area contributed by atoms with Crippen LogP contribution in [-0.2, 0) is 14.2 Å². The van der Waals surface area contributed by atoms with Crippen LogP contribution in [0.1, 0.15) is 0 Å². The molecule has 10 heavy (non-hydrogen) atoms. The topological polar surface area (TPSA) is 27.7 Å². The first-order chi connectivity index (χ1) is 4.91. The van der Waals surface area contributed by atoms with Gasteiger partial charge in [0.2, 0.25) is 0 Å². The summed E-state index contributed by atoms with van der Waals surface area (Å²) in [6.45, 7) is 2.64. The van der Waals surface area contributed by atoms with Gasteiger partial charge in [0, 0.05) is 7.11 Å². The fourth-order valence-corrected chi connectivity index (χ4v) is 0.728. The van der Waals surface area contributed by atoms with E-state index in [4.69, 9.17) is 14.2 Å². The molecule has 0 spiro atoms. The zero-order chi connectivity index (χ0) is 7.66. The van der Waals surface area contributed by atoms with Crippen LogP contribution in [0.15, 0.2) is 0 Å². The quantitative estimate of drug-likeness (QED) is 0.389. The van der Waals surface area contributed by atoms with Gasteiger partial charge in [-0.05, 0) is 0 Å². The maximum absolute atomic E-state index is 5.12. The van der Waals surface area contributed by atoms with Crippen LogP contribution in [0.5, 0.6) is 0 Å². The van der Waals surface area contributed by atoms with Gasteiger partial charge in [0.25, 0.3) is 0 Å². The number of ether oxygens (including phenoxy) is 3. The molecule has 0 aromatic carbocycles. The molecule has 0 radical (unpaired) electrons. The first-order valence-corrected chi connectivity index (χ1v) is 4.64. The van der Waals surface area contributed by atoms with Crippen molar-refractivity contribution in [3.63, 3.8) is 0 Å². The lowest BCUT2D eigenvalue weighted by Gasteiger charge is -2.01. The van der Waals surface area contributed by atoms with Crippen LogP contribution in [0.2, 0.25) is 0 Å². The summed E-state index contributed by atoms with van der Waals surface area (Å²) in [6, 6.07) is 0. The van der Waals surface area contributed by atoms with Crippen molar-refractivity contribution < 1.29 is 14.2 Å². The van der Waals surface area contributed by atoms with E-state index in [2.05, 4.69) is 22.6 Å². The summed E-state index contributed by atoms with van der Waals surface area (Å²) in [4.78, 5) is 0.